The Hall–Kier alpha value is -2.86. The van der Waals surface area contributed by atoms with E-state index in [0.29, 0.717) is 5.69 Å². The van der Waals surface area contributed by atoms with Gasteiger partial charge in [0.15, 0.2) is 0 Å². The van der Waals surface area contributed by atoms with E-state index in [1.807, 2.05) is 6.07 Å². The molecule has 1 heterocycles. The number of fused-ring (bicyclic) bond motifs is 4. The topological polar surface area (TPSA) is 89.9 Å². The molecule has 1 fully saturated rings. The number of piperidine rings is 1. The number of phenols is 1. The number of hydrogen-bond donors (Lipinski definition) is 3. The lowest BCUT2D eigenvalue weighted by atomic mass is 9.58. The molecule has 4 rings (SSSR count). The molecule has 0 aromatic heterocycles. The second-order valence-corrected chi connectivity index (χ2v) is 8.11. The highest BCUT2D eigenvalue weighted by molar-refractivity contribution is 5.95. The van der Waals surface area contributed by atoms with Crippen LogP contribution in [-0.2, 0) is 16.6 Å². The van der Waals surface area contributed by atoms with Crippen molar-refractivity contribution in [2.75, 3.05) is 18.9 Å². The van der Waals surface area contributed by atoms with Gasteiger partial charge in [-0.25, -0.2) is 4.79 Å². The lowest BCUT2D eigenvalue weighted by Gasteiger charge is -2.53. The fourth-order valence-electron chi connectivity index (χ4n) is 4.86. The zero-order valence-electron chi connectivity index (χ0n) is 16.0. The van der Waals surface area contributed by atoms with Crippen molar-refractivity contribution in [3.8, 4) is 5.75 Å². The number of phenolic OH excluding ortho intramolecular Hbond substituents is 1. The summed E-state index contributed by atoms with van der Waals surface area (Å²) in [7, 11) is 2.05. The highest BCUT2D eigenvalue weighted by Crippen LogP contribution is 2.49. The Morgan fingerprint density at radius 2 is 1.89 bits per heavy atom. The number of hydrogen-bond acceptors (Lipinski definition) is 4. The number of rotatable bonds is 3. The van der Waals surface area contributed by atoms with Crippen LogP contribution in [-0.4, -0.2) is 46.6 Å². The van der Waals surface area contributed by atoms with Crippen LogP contribution in [0.3, 0.4) is 0 Å². The number of benzene rings is 2. The fourth-order valence-corrected chi connectivity index (χ4v) is 4.86. The third kappa shape index (κ3) is 2.94. The predicted molar refractivity (Wildman–Crippen MR) is 106 cm³/mol. The largest absolute Gasteiger partial charge is 0.508 e. The Kier molecular flexibility index (Phi) is 4.38. The van der Waals surface area contributed by atoms with Crippen LogP contribution in [0.1, 0.15) is 34.8 Å². The predicted octanol–water partition coefficient (Wildman–Crippen LogP) is 2.86. The molecule has 6 nitrogen and oxygen atoms in total. The van der Waals surface area contributed by atoms with Crippen molar-refractivity contribution >= 4 is 17.6 Å². The number of nitrogens with zero attached hydrogens (tertiary/aromatic N) is 1. The number of carbonyl (C=O) groups excluding carboxylic acids is 1. The molecular formula is C22H24N2O4. The fraction of sp³-hybridized carbons (Fsp3) is 0.364. The van der Waals surface area contributed by atoms with Gasteiger partial charge in [-0.15, -0.1) is 0 Å². The number of likely N-dealkylation sites (N-methyl/N-ethyl adjacent to an activating group) is 1. The number of carboxylic acid groups (broad SMARTS) is 1. The van der Waals surface area contributed by atoms with Gasteiger partial charge in [-0.05, 0) is 74.0 Å². The van der Waals surface area contributed by atoms with Gasteiger partial charge in [-0.2, -0.15) is 0 Å². The summed E-state index contributed by atoms with van der Waals surface area (Å²) in [6, 6.07) is 11.8. The summed E-state index contributed by atoms with van der Waals surface area (Å²) in [5, 5.41) is 22.0. The van der Waals surface area contributed by atoms with E-state index < -0.39 is 5.97 Å². The van der Waals surface area contributed by atoms with Crippen LogP contribution in [0.15, 0.2) is 42.5 Å². The lowest BCUT2D eigenvalue weighted by molar-refractivity contribution is -0.127. The van der Waals surface area contributed by atoms with Crippen LogP contribution in [0.5, 0.6) is 5.75 Å². The SMILES string of the molecule is CN1CCC2(C)c3cc(O)ccc3CC1C2C(=O)Nc1ccc(C(=O)O)cc1. The van der Waals surface area contributed by atoms with Gasteiger partial charge >= 0.3 is 5.97 Å². The standard InChI is InChI=1S/C22H24N2O4/c1-22-9-10-24(2)18(11-14-5-8-16(25)12-17(14)22)19(22)20(26)23-15-6-3-13(4-7-15)21(27)28/h3-8,12,18-19,25H,9-11H2,1-2H3,(H,23,26)(H,27,28). The van der Waals surface area contributed by atoms with E-state index >= 15 is 0 Å². The minimum atomic E-state index is -0.995. The quantitative estimate of drug-likeness (QED) is 0.762. The number of nitrogens with one attached hydrogen (secondary N) is 1. The number of carbonyl (C=O) groups is 2. The number of carboxylic acids is 1. The average molecular weight is 380 g/mol. The van der Waals surface area contributed by atoms with Crippen LogP contribution in [0.2, 0.25) is 0 Å². The van der Waals surface area contributed by atoms with Gasteiger partial charge in [0.2, 0.25) is 5.91 Å². The first-order valence-corrected chi connectivity index (χ1v) is 9.46. The number of aromatic carboxylic acids is 1. The van der Waals surface area contributed by atoms with E-state index in [0.717, 1.165) is 24.9 Å². The number of anilines is 1. The molecule has 2 bridgehead atoms. The van der Waals surface area contributed by atoms with E-state index in [-0.39, 0.29) is 34.6 Å². The normalized spacial score (nSPS) is 26.4. The van der Waals surface area contributed by atoms with Gasteiger partial charge in [0.05, 0.1) is 11.5 Å². The minimum Gasteiger partial charge on any atom is -0.508 e. The van der Waals surface area contributed by atoms with Crippen LogP contribution in [0.4, 0.5) is 5.69 Å². The third-order valence-electron chi connectivity index (χ3n) is 6.44. The summed E-state index contributed by atoms with van der Waals surface area (Å²) in [5.41, 5.74) is 2.64. The summed E-state index contributed by atoms with van der Waals surface area (Å²) in [5.74, 6) is -1.11. The number of amides is 1. The molecule has 0 saturated carbocycles. The monoisotopic (exact) mass is 380 g/mol. The van der Waals surface area contributed by atoms with Crippen molar-refractivity contribution in [1.29, 1.82) is 0 Å². The maximum absolute atomic E-state index is 13.3. The van der Waals surface area contributed by atoms with Crippen molar-refractivity contribution in [1.82, 2.24) is 4.90 Å². The molecule has 1 aliphatic heterocycles. The average Bonchev–Trinajstić information content (AvgIpc) is 2.66. The first-order valence-electron chi connectivity index (χ1n) is 9.46. The summed E-state index contributed by atoms with van der Waals surface area (Å²) >= 11 is 0. The molecular weight excluding hydrogens is 356 g/mol. The maximum Gasteiger partial charge on any atom is 0.335 e. The molecule has 2 aliphatic rings. The lowest BCUT2D eigenvalue weighted by Crippen LogP contribution is -2.61. The zero-order chi connectivity index (χ0) is 20.1. The molecule has 2 aromatic rings. The zero-order valence-corrected chi connectivity index (χ0v) is 16.0. The first kappa shape index (κ1) is 18.5. The summed E-state index contributed by atoms with van der Waals surface area (Å²) in [6.07, 6.45) is 1.59. The van der Waals surface area contributed by atoms with Gasteiger partial charge in [0.25, 0.3) is 0 Å². The Morgan fingerprint density at radius 1 is 1.18 bits per heavy atom. The minimum absolute atomic E-state index is 0.0730. The molecule has 3 N–H and O–H groups in total. The Labute approximate surface area is 163 Å². The maximum atomic E-state index is 13.3. The second kappa shape index (κ2) is 6.63. The van der Waals surface area contributed by atoms with Gasteiger partial charge in [0, 0.05) is 17.1 Å². The van der Waals surface area contributed by atoms with E-state index in [1.54, 1.807) is 24.3 Å². The molecule has 6 heteroatoms. The third-order valence-corrected chi connectivity index (χ3v) is 6.44. The molecule has 1 aliphatic carbocycles. The summed E-state index contributed by atoms with van der Waals surface area (Å²) < 4.78 is 0. The molecule has 2 aromatic carbocycles. The van der Waals surface area contributed by atoms with Crippen molar-refractivity contribution in [2.45, 2.75) is 31.2 Å². The van der Waals surface area contributed by atoms with Gasteiger partial charge < -0.3 is 20.4 Å². The van der Waals surface area contributed by atoms with Crippen LogP contribution in [0, 0.1) is 5.92 Å². The molecule has 146 valence electrons. The number of likely N-dealkylation sites (tertiary alicyclic amines) is 1. The molecule has 0 spiro atoms. The van der Waals surface area contributed by atoms with E-state index in [4.69, 9.17) is 5.11 Å². The smallest absolute Gasteiger partial charge is 0.335 e. The van der Waals surface area contributed by atoms with Crippen molar-refractivity contribution < 1.29 is 19.8 Å². The molecule has 3 atom stereocenters. The number of aromatic hydroxyl groups is 1. The van der Waals surface area contributed by atoms with Crippen molar-refractivity contribution in [3.05, 3.63) is 59.2 Å². The van der Waals surface area contributed by atoms with Crippen molar-refractivity contribution in [2.24, 2.45) is 5.92 Å². The van der Waals surface area contributed by atoms with Crippen LogP contribution >= 0.6 is 0 Å². The van der Waals surface area contributed by atoms with Crippen molar-refractivity contribution in [3.63, 3.8) is 0 Å². The molecule has 1 saturated heterocycles. The van der Waals surface area contributed by atoms with Gasteiger partial charge in [-0.1, -0.05) is 13.0 Å². The van der Waals surface area contributed by atoms with Gasteiger partial charge in [-0.3, -0.25) is 4.79 Å². The Bertz CT molecular complexity index is 940. The highest BCUT2D eigenvalue weighted by Gasteiger charge is 2.53. The van der Waals surface area contributed by atoms with Gasteiger partial charge in [0.1, 0.15) is 5.75 Å². The molecule has 3 unspecified atom stereocenters. The van der Waals surface area contributed by atoms with Crippen LogP contribution < -0.4 is 5.32 Å². The summed E-state index contributed by atoms with van der Waals surface area (Å²) in [6.45, 7) is 3.01. The van der Waals surface area contributed by atoms with E-state index in [1.165, 1.54) is 17.7 Å². The second-order valence-electron chi connectivity index (χ2n) is 8.11. The summed E-state index contributed by atoms with van der Waals surface area (Å²) in [4.78, 5) is 26.6. The van der Waals surface area contributed by atoms with E-state index in [2.05, 4.69) is 24.2 Å². The molecule has 28 heavy (non-hydrogen) atoms. The molecule has 0 radical (unpaired) electrons. The highest BCUT2D eigenvalue weighted by atomic mass is 16.4. The van der Waals surface area contributed by atoms with Crippen LogP contribution in [0.25, 0.3) is 0 Å². The van der Waals surface area contributed by atoms with E-state index in [9.17, 15) is 14.7 Å². The Balaban J connectivity index is 1.67. The molecule has 1 amide bonds. The Morgan fingerprint density at radius 3 is 2.57 bits per heavy atom. The first-order chi connectivity index (χ1) is 13.3.